The first-order chi connectivity index (χ1) is 16.1. The number of ether oxygens (including phenoxy) is 1. The maximum Gasteiger partial charge on any atom is 0.270 e. The number of rotatable bonds is 6. The molecule has 0 aliphatic heterocycles. The predicted molar refractivity (Wildman–Crippen MR) is 127 cm³/mol. The van der Waals surface area contributed by atoms with E-state index in [1.54, 1.807) is 43.3 Å². The lowest BCUT2D eigenvalue weighted by Crippen LogP contribution is -2.30. The Hall–Kier alpha value is -3.89. The molecule has 0 saturated carbocycles. The van der Waals surface area contributed by atoms with Gasteiger partial charge >= 0.3 is 0 Å². The van der Waals surface area contributed by atoms with Gasteiger partial charge in [-0.15, -0.1) is 0 Å². The number of phenols is 1. The number of methoxy groups -OCH3 is 1. The van der Waals surface area contributed by atoms with E-state index in [1.165, 1.54) is 19.2 Å². The molecular weight excluding hydrogens is 435 g/mol. The normalized spacial score (nSPS) is 11.8. The van der Waals surface area contributed by atoms with E-state index in [0.717, 1.165) is 6.07 Å². The molecule has 3 N–H and O–H groups in total. The summed E-state index contributed by atoms with van der Waals surface area (Å²) in [6.07, 6.45) is 0. The zero-order valence-corrected chi connectivity index (χ0v) is 19.5. The summed E-state index contributed by atoms with van der Waals surface area (Å²) in [5.74, 6) is 5.38. The number of nitrogens with one attached hydrogen (secondary N) is 1. The Morgan fingerprint density at radius 2 is 1.88 bits per heavy atom. The Bertz CT molecular complexity index is 1240. The molecule has 7 heteroatoms. The van der Waals surface area contributed by atoms with E-state index in [1.807, 2.05) is 13.8 Å². The van der Waals surface area contributed by atoms with E-state index in [2.05, 4.69) is 22.1 Å². The van der Waals surface area contributed by atoms with Gasteiger partial charge in [0.1, 0.15) is 23.0 Å². The van der Waals surface area contributed by atoms with Crippen LogP contribution in [0.5, 0.6) is 11.5 Å². The predicted octanol–water partition coefficient (Wildman–Crippen LogP) is 4.13. The van der Waals surface area contributed by atoms with Crippen LogP contribution in [0, 0.1) is 30.0 Å². The smallest absolute Gasteiger partial charge is 0.270 e. The molecule has 1 aromatic heterocycles. The van der Waals surface area contributed by atoms with Gasteiger partial charge in [0.15, 0.2) is 0 Å². The van der Waals surface area contributed by atoms with Crippen molar-refractivity contribution in [2.24, 2.45) is 5.41 Å². The van der Waals surface area contributed by atoms with E-state index in [-0.39, 0.29) is 23.6 Å². The minimum atomic E-state index is -0.848. The highest BCUT2D eigenvalue weighted by atomic mass is 19.1. The molecule has 176 valence electrons. The summed E-state index contributed by atoms with van der Waals surface area (Å²) in [7, 11) is 1.54. The monoisotopic (exact) mass is 462 g/mol. The molecule has 0 spiro atoms. The zero-order valence-electron chi connectivity index (χ0n) is 19.5. The van der Waals surface area contributed by atoms with Crippen molar-refractivity contribution in [3.63, 3.8) is 0 Å². The van der Waals surface area contributed by atoms with Crippen LogP contribution in [-0.4, -0.2) is 34.8 Å². The van der Waals surface area contributed by atoms with Crippen molar-refractivity contribution in [1.82, 2.24) is 10.3 Å². The van der Waals surface area contributed by atoms with Gasteiger partial charge in [-0.25, -0.2) is 9.37 Å². The van der Waals surface area contributed by atoms with Crippen LogP contribution < -0.4 is 10.1 Å². The second-order valence-corrected chi connectivity index (χ2v) is 8.56. The van der Waals surface area contributed by atoms with Gasteiger partial charge in [-0.3, -0.25) is 4.79 Å². The molecule has 34 heavy (non-hydrogen) atoms. The number of nitrogens with zero attached hydrogens (tertiary/aromatic N) is 1. The first-order valence-corrected chi connectivity index (χ1v) is 10.7. The Kier molecular flexibility index (Phi) is 7.54. The third-order valence-electron chi connectivity index (χ3n) is 5.15. The SMILES string of the molecule is COc1ccc(C(NC(=O)c2cc(C#CC(C)(C)CO)cc(C)n2)c2cc(F)ccc2O)cc1. The fourth-order valence-corrected chi connectivity index (χ4v) is 3.24. The number of carbonyl (C=O) groups excluding carboxylic acids is 1. The van der Waals surface area contributed by atoms with Crippen LogP contribution in [-0.2, 0) is 0 Å². The number of hydrogen-bond donors (Lipinski definition) is 3. The molecule has 1 unspecified atom stereocenters. The third kappa shape index (κ3) is 6.12. The summed E-state index contributed by atoms with van der Waals surface area (Å²) in [6, 6.07) is 12.9. The molecule has 6 nitrogen and oxygen atoms in total. The average Bonchev–Trinajstić information content (AvgIpc) is 2.82. The minimum Gasteiger partial charge on any atom is -0.508 e. The number of aryl methyl sites for hydroxylation is 1. The van der Waals surface area contributed by atoms with Gasteiger partial charge in [-0.2, -0.15) is 0 Å². The summed E-state index contributed by atoms with van der Waals surface area (Å²) >= 11 is 0. The minimum absolute atomic E-state index is 0.0991. The van der Waals surface area contributed by atoms with E-state index in [9.17, 15) is 19.4 Å². The molecular formula is C27H27FN2O4. The van der Waals surface area contributed by atoms with E-state index >= 15 is 0 Å². The third-order valence-corrected chi connectivity index (χ3v) is 5.15. The molecule has 0 radical (unpaired) electrons. The number of halogens is 1. The van der Waals surface area contributed by atoms with Crippen molar-refractivity contribution in [2.45, 2.75) is 26.8 Å². The number of pyridine rings is 1. The van der Waals surface area contributed by atoms with Crippen molar-refractivity contribution < 1.29 is 24.1 Å². The molecule has 0 aliphatic carbocycles. The quantitative estimate of drug-likeness (QED) is 0.479. The molecule has 0 fully saturated rings. The molecule has 1 atom stereocenters. The molecule has 0 saturated heterocycles. The lowest BCUT2D eigenvalue weighted by atomic mass is 9.95. The van der Waals surface area contributed by atoms with Crippen LogP contribution in [0.2, 0.25) is 0 Å². The van der Waals surface area contributed by atoms with Crippen LogP contribution >= 0.6 is 0 Å². The van der Waals surface area contributed by atoms with Gasteiger partial charge in [0, 0.05) is 22.2 Å². The van der Waals surface area contributed by atoms with E-state index in [4.69, 9.17) is 4.74 Å². The largest absolute Gasteiger partial charge is 0.508 e. The van der Waals surface area contributed by atoms with Crippen molar-refractivity contribution in [3.8, 4) is 23.3 Å². The molecule has 1 amide bonds. The number of aliphatic hydroxyl groups is 1. The Labute approximate surface area is 198 Å². The fourth-order valence-electron chi connectivity index (χ4n) is 3.24. The zero-order chi connectivity index (χ0) is 24.9. The van der Waals surface area contributed by atoms with Gasteiger partial charge in [0.25, 0.3) is 5.91 Å². The molecule has 3 aromatic rings. The molecule has 2 aromatic carbocycles. The summed E-state index contributed by atoms with van der Waals surface area (Å²) in [5, 5.41) is 22.7. The summed E-state index contributed by atoms with van der Waals surface area (Å²) in [6.45, 7) is 5.27. The maximum atomic E-state index is 14.0. The fraction of sp³-hybridized carbons (Fsp3) is 0.259. The van der Waals surface area contributed by atoms with Crippen LogP contribution in [0.4, 0.5) is 4.39 Å². The number of hydrogen-bond acceptors (Lipinski definition) is 5. The highest BCUT2D eigenvalue weighted by Gasteiger charge is 2.23. The topological polar surface area (TPSA) is 91.7 Å². The number of aliphatic hydroxyl groups excluding tert-OH is 1. The lowest BCUT2D eigenvalue weighted by Gasteiger charge is -2.21. The van der Waals surface area contributed by atoms with Gasteiger partial charge < -0.3 is 20.3 Å². The first-order valence-electron chi connectivity index (χ1n) is 10.7. The van der Waals surface area contributed by atoms with Crippen molar-refractivity contribution in [3.05, 3.63) is 88.5 Å². The van der Waals surface area contributed by atoms with Crippen LogP contribution in [0.25, 0.3) is 0 Å². The van der Waals surface area contributed by atoms with Crippen LogP contribution in [0.15, 0.2) is 54.6 Å². The standard InChI is InChI=1S/C27H27FN2O4/c1-17-13-18(11-12-27(2,3)16-31)14-23(29-17)26(33)30-25(19-5-8-21(34-4)9-6-19)22-15-20(28)7-10-24(22)32/h5-10,13-15,25,31-32H,16H2,1-4H3,(H,30,33). The number of benzene rings is 2. The van der Waals surface area contributed by atoms with Crippen molar-refractivity contribution in [1.29, 1.82) is 0 Å². The van der Waals surface area contributed by atoms with Gasteiger partial charge in [-0.1, -0.05) is 24.0 Å². The number of aromatic nitrogens is 1. The first kappa shape index (κ1) is 24.7. The number of amides is 1. The summed E-state index contributed by atoms with van der Waals surface area (Å²) in [4.78, 5) is 17.5. The summed E-state index contributed by atoms with van der Waals surface area (Å²) in [5.41, 5.74) is 1.53. The number of phenolic OH excluding ortho intramolecular Hbond substituents is 1. The average molecular weight is 463 g/mol. The second-order valence-electron chi connectivity index (χ2n) is 8.56. The highest BCUT2D eigenvalue weighted by molar-refractivity contribution is 5.93. The lowest BCUT2D eigenvalue weighted by molar-refractivity contribution is 0.0937. The molecule has 0 aliphatic rings. The molecule has 0 bridgehead atoms. The number of carbonyl (C=O) groups is 1. The summed E-state index contributed by atoms with van der Waals surface area (Å²) < 4.78 is 19.2. The van der Waals surface area contributed by atoms with Gasteiger partial charge in [0.2, 0.25) is 0 Å². The van der Waals surface area contributed by atoms with Crippen molar-refractivity contribution >= 4 is 5.91 Å². The molecule has 3 rings (SSSR count). The maximum absolute atomic E-state index is 14.0. The van der Waals surface area contributed by atoms with Gasteiger partial charge in [0.05, 0.1) is 19.8 Å². The van der Waals surface area contributed by atoms with Crippen LogP contribution in [0.3, 0.4) is 0 Å². The Morgan fingerprint density at radius 1 is 1.18 bits per heavy atom. The van der Waals surface area contributed by atoms with E-state index in [0.29, 0.717) is 22.6 Å². The van der Waals surface area contributed by atoms with E-state index < -0.39 is 23.2 Å². The Morgan fingerprint density at radius 3 is 2.53 bits per heavy atom. The van der Waals surface area contributed by atoms with Crippen LogP contribution in [0.1, 0.15) is 52.8 Å². The van der Waals surface area contributed by atoms with Gasteiger partial charge in [-0.05, 0) is 68.8 Å². The second kappa shape index (κ2) is 10.4. The number of aromatic hydroxyl groups is 1. The Balaban J connectivity index is 1.99. The van der Waals surface area contributed by atoms with Crippen molar-refractivity contribution in [2.75, 3.05) is 13.7 Å². The molecule has 1 heterocycles. The highest BCUT2D eigenvalue weighted by Crippen LogP contribution is 2.31.